The second kappa shape index (κ2) is 7.12. The van der Waals surface area contributed by atoms with Crippen LogP contribution >= 0.6 is 0 Å². The minimum Gasteiger partial charge on any atom is -0.483 e. The minimum atomic E-state index is 0.0165. The fraction of sp³-hybridized carbons (Fsp3) is 0.286. The third kappa shape index (κ3) is 3.67. The highest BCUT2D eigenvalue weighted by molar-refractivity contribution is 5.86. The lowest BCUT2D eigenvalue weighted by molar-refractivity contribution is -0.134. The maximum Gasteiger partial charge on any atom is 0.261 e. The first-order valence-corrected chi connectivity index (χ1v) is 8.88. The molecule has 0 saturated heterocycles. The average Bonchev–Trinajstić information content (AvgIpc) is 3.49. The molecule has 1 saturated carbocycles. The highest BCUT2D eigenvalue weighted by Gasteiger charge is 2.32. The summed E-state index contributed by atoms with van der Waals surface area (Å²) >= 11 is 0. The van der Waals surface area contributed by atoms with Crippen molar-refractivity contribution in [1.82, 2.24) is 14.9 Å². The van der Waals surface area contributed by atoms with Crippen LogP contribution < -0.4 is 4.74 Å². The topological polar surface area (TPSA) is 55.3 Å². The number of rotatable bonds is 6. The van der Waals surface area contributed by atoms with E-state index in [2.05, 4.69) is 9.97 Å². The van der Waals surface area contributed by atoms with Crippen LogP contribution in [0.15, 0.2) is 54.9 Å². The second-order valence-corrected chi connectivity index (χ2v) is 6.68. The van der Waals surface area contributed by atoms with Crippen LogP contribution in [0.2, 0.25) is 0 Å². The van der Waals surface area contributed by atoms with Gasteiger partial charge in [-0.15, -0.1) is 0 Å². The Hall–Kier alpha value is -2.95. The number of para-hydroxylation sites is 1. The molecule has 26 heavy (non-hydrogen) atoms. The monoisotopic (exact) mass is 347 g/mol. The van der Waals surface area contributed by atoms with Gasteiger partial charge in [-0.1, -0.05) is 12.1 Å². The van der Waals surface area contributed by atoms with E-state index in [0.29, 0.717) is 18.3 Å². The predicted octanol–water partition coefficient (Wildman–Crippen LogP) is 3.51. The van der Waals surface area contributed by atoms with Crippen molar-refractivity contribution in [3.8, 4) is 5.75 Å². The zero-order valence-corrected chi connectivity index (χ0v) is 14.8. The van der Waals surface area contributed by atoms with Crippen LogP contribution in [0.4, 0.5) is 0 Å². The van der Waals surface area contributed by atoms with Crippen molar-refractivity contribution in [3.63, 3.8) is 0 Å². The summed E-state index contributed by atoms with van der Waals surface area (Å²) in [6, 6.07) is 13.9. The molecule has 4 rings (SSSR count). The van der Waals surface area contributed by atoms with Gasteiger partial charge in [0.2, 0.25) is 0 Å². The van der Waals surface area contributed by atoms with Crippen molar-refractivity contribution >= 4 is 16.8 Å². The number of carbonyl (C=O) groups excluding carboxylic acids is 1. The first kappa shape index (κ1) is 16.5. The quantitative estimate of drug-likeness (QED) is 0.685. The fourth-order valence-electron chi connectivity index (χ4n) is 3.10. The highest BCUT2D eigenvalue weighted by atomic mass is 16.5. The third-order valence-corrected chi connectivity index (χ3v) is 4.57. The molecule has 0 atom stereocenters. The molecule has 0 spiro atoms. The highest BCUT2D eigenvalue weighted by Crippen LogP contribution is 2.29. The Bertz CT molecular complexity index is 923. The summed E-state index contributed by atoms with van der Waals surface area (Å²) in [7, 11) is 0. The predicted molar refractivity (Wildman–Crippen MR) is 99.8 cm³/mol. The molecule has 1 fully saturated rings. The molecule has 3 aromatic rings. The molecule has 2 heterocycles. The second-order valence-electron chi connectivity index (χ2n) is 6.68. The van der Waals surface area contributed by atoms with E-state index in [0.717, 1.165) is 35.0 Å². The smallest absolute Gasteiger partial charge is 0.261 e. The molecule has 0 N–H and O–H groups in total. The van der Waals surface area contributed by atoms with E-state index in [-0.39, 0.29) is 12.5 Å². The van der Waals surface area contributed by atoms with Gasteiger partial charge in [-0.25, -0.2) is 0 Å². The SMILES string of the molecule is Cc1cc(OCC(=O)N(Cc2ccncc2)C2CC2)c2ccccc2n1. The van der Waals surface area contributed by atoms with Crippen LogP contribution in [0.25, 0.3) is 10.9 Å². The van der Waals surface area contributed by atoms with Gasteiger partial charge in [0.05, 0.1) is 5.52 Å². The Labute approximate surface area is 152 Å². The van der Waals surface area contributed by atoms with Gasteiger partial charge in [0.25, 0.3) is 5.91 Å². The van der Waals surface area contributed by atoms with Gasteiger partial charge < -0.3 is 9.64 Å². The van der Waals surface area contributed by atoms with E-state index in [4.69, 9.17) is 4.74 Å². The zero-order chi connectivity index (χ0) is 17.9. The zero-order valence-electron chi connectivity index (χ0n) is 14.8. The van der Waals surface area contributed by atoms with Crippen LogP contribution in [0.5, 0.6) is 5.75 Å². The summed E-state index contributed by atoms with van der Waals surface area (Å²) in [5.74, 6) is 0.726. The molecule has 1 aliphatic carbocycles. The summed E-state index contributed by atoms with van der Waals surface area (Å²) in [6.45, 7) is 2.57. The van der Waals surface area contributed by atoms with E-state index >= 15 is 0 Å². The van der Waals surface area contributed by atoms with E-state index in [9.17, 15) is 4.79 Å². The lowest BCUT2D eigenvalue weighted by atomic mass is 10.2. The van der Waals surface area contributed by atoms with Gasteiger partial charge in [0.1, 0.15) is 5.75 Å². The van der Waals surface area contributed by atoms with Crippen molar-refractivity contribution < 1.29 is 9.53 Å². The van der Waals surface area contributed by atoms with Gasteiger partial charge in [-0.2, -0.15) is 0 Å². The van der Waals surface area contributed by atoms with Crippen LogP contribution in [-0.2, 0) is 11.3 Å². The Balaban J connectivity index is 1.49. The number of aromatic nitrogens is 2. The normalized spacial score (nSPS) is 13.6. The summed E-state index contributed by atoms with van der Waals surface area (Å²) in [5, 5.41) is 0.929. The molecule has 2 aromatic heterocycles. The van der Waals surface area contributed by atoms with E-state index in [1.807, 2.05) is 54.3 Å². The van der Waals surface area contributed by atoms with E-state index in [1.54, 1.807) is 12.4 Å². The Morgan fingerprint density at radius 1 is 1.19 bits per heavy atom. The maximum atomic E-state index is 12.8. The van der Waals surface area contributed by atoms with Crippen LogP contribution in [0, 0.1) is 6.92 Å². The number of hydrogen-bond donors (Lipinski definition) is 0. The van der Waals surface area contributed by atoms with Crippen molar-refractivity contribution in [2.75, 3.05) is 6.61 Å². The number of hydrogen-bond acceptors (Lipinski definition) is 4. The molecule has 5 nitrogen and oxygen atoms in total. The number of fused-ring (bicyclic) bond motifs is 1. The summed E-state index contributed by atoms with van der Waals surface area (Å²) in [6.07, 6.45) is 5.64. The Morgan fingerprint density at radius 3 is 2.73 bits per heavy atom. The van der Waals surface area contributed by atoms with Crippen LogP contribution in [0.3, 0.4) is 0 Å². The molecule has 132 valence electrons. The first-order chi connectivity index (χ1) is 12.7. The molecule has 1 aromatic carbocycles. The van der Waals surface area contributed by atoms with Crippen molar-refractivity contribution in [1.29, 1.82) is 0 Å². The number of aryl methyl sites for hydroxylation is 1. The third-order valence-electron chi connectivity index (χ3n) is 4.57. The lowest BCUT2D eigenvalue weighted by Gasteiger charge is -2.23. The molecule has 5 heteroatoms. The number of benzene rings is 1. The van der Waals surface area contributed by atoms with E-state index in [1.165, 1.54) is 0 Å². The standard InChI is InChI=1S/C21H21N3O2/c1-15-12-20(18-4-2-3-5-19(18)23-15)26-14-21(25)24(17-6-7-17)13-16-8-10-22-11-9-16/h2-5,8-12,17H,6-7,13-14H2,1H3. The van der Waals surface area contributed by atoms with Gasteiger partial charge in [0, 0.05) is 42.1 Å². The van der Waals surface area contributed by atoms with Gasteiger partial charge >= 0.3 is 0 Å². The van der Waals surface area contributed by atoms with Crippen LogP contribution in [0.1, 0.15) is 24.1 Å². The molecular formula is C21H21N3O2. The molecule has 1 aliphatic rings. The fourth-order valence-corrected chi connectivity index (χ4v) is 3.10. The number of amides is 1. The van der Waals surface area contributed by atoms with Gasteiger partial charge in [-0.3, -0.25) is 14.8 Å². The number of ether oxygens (including phenoxy) is 1. The molecule has 1 amide bonds. The van der Waals surface area contributed by atoms with Gasteiger partial charge in [-0.05, 0) is 49.6 Å². The number of pyridine rings is 2. The minimum absolute atomic E-state index is 0.0165. The molecule has 0 radical (unpaired) electrons. The van der Waals surface area contributed by atoms with Crippen molar-refractivity contribution in [2.24, 2.45) is 0 Å². The molecular weight excluding hydrogens is 326 g/mol. The summed E-state index contributed by atoms with van der Waals surface area (Å²) in [5.41, 5.74) is 2.85. The molecule has 0 unspecified atom stereocenters. The average molecular weight is 347 g/mol. The summed E-state index contributed by atoms with van der Waals surface area (Å²) < 4.78 is 5.91. The lowest BCUT2D eigenvalue weighted by Crippen LogP contribution is -2.36. The number of carbonyl (C=O) groups is 1. The van der Waals surface area contributed by atoms with Crippen molar-refractivity contribution in [2.45, 2.75) is 32.4 Å². The van der Waals surface area contributed by atoms with Crippen LogP contribution in [-0.4, -0.2) is 33.4 Å². The summed E-state index contributed by atoms with van der Waals surface area (Å²) in [4.78, 5) is 23.3. The largest absolute Gasteiger partial charge is 0.483 e. The number of nitrogens with zero attached hydrogens (tertiary/aromatic N) is 3. The van der Waals surface area contributed by atoms with Crippen molar-refractivity contribution in [3.05, 3.63) is 66.1 Å². The Morgan fingerprint density at radius 2 is 1.96 bits per heavy atom. The first-order valence-electron chi connectivity index (χ1n) is 8.88. The molecule has 0 bridgehead atoms. The maximum absolute atomic E-state index is 12.8. The Kier molecular flexibility index (Phi) is 4.52. The molecule has 0 aliphatic heterocycles. The van der Waals surface area contributed by atoms with Gasteiger partial charge in [0.15, 0.2) is 6.61 Å². The van der Waals surface area contributed by atoms with E-state index < -0.39 is 0 Å².